The lowest BCUT2D eigenvalue weighted by molar-refractivity contribution is -0.131. The summed E-state index contributed by atoms with van der Waals surface area (Å²) >= 11 is 0. The first-order valence-electron chi connectivity index (χ1n) is 11.4. The number of nitrogens with zero attached hydrogens (tertiary/aromatic N) is 4. The van der Waals surface area contributed by atoms with Gasteiger partial charge < -0.3 is 24.0 Å². The van der Waals surface area contributed by atoms with Gasteiger partial charge in [0.1, 0.15) is 23.1 Å². The highest BCUT2D eigenvalue weighted by molar-refractivity contribution is 5.97. The van der Waals surface area contributed by atoms with Gasteiger partial charge in [0, 0.05) is 43.9 Å². The number of carbonyl (C=O) groups is 1. The van der Waals surface area contributed by atoms with E-state index in [1.54, 1.807) is 19.7 Å². The molecule has 0 bridgehead atoms. The second-order valence-corrected chi connectivity index (χ2v) is 8.65. The lowest BCUT2D eigenvalue weighted by Gasteiger charge is -2.34. The van der Waals surface area contributed by atoms with Crippen molar-refractivity contribution < 1.29 is 24.2 Å². The normalized spacial score (nSPS) is 14.2. The zero-order valence-corrected chi connectivity index (χ0v) is 20.7. The first-order valence-corrected chi connectivity index (χ1v) is 11.4. The molecule has 4 rings (SSSR count). The van der Waals surface area contributed by atoms with E-state index in [9.17, 15) is 4.79 Å². The van der Waals surface area contributed by atoms with Gasteiger partial charge in [-0.2, -0.15) is 0 Å². The molecular formula is C25H31N5O5. The molecule has 0 unspecified atom stereocenters. The Morgan fingerprint density at radius 2 is 1.71 bits per heavy atom. The summed E-state index contributed by atoms with van der Waals surface area (Å²) in [6, 6.07) is 7.62. The number of aromatic nitrogens is 2. The van der Waals surface area contributed by atoms with Gasteiger partial charge in [-0.3, -0.25) is 10.0 Å². The van der Waals surface area contributed by atoms with Gasteiger partial charge in [0.05, 0.1) is 25.1 Å². The van der Waals surface area contributed by atoms with Crippen molar-refractivity contribution >= 4 is 22.6 Å². The van der Waals surface area contributed by atoms with Gasteiger partial charge in [-0.1, -0.05) is 0 Å². The third-order valence-corrected chi connectivity index (χ3v) is 6.17. The number of fused-ring (bicyclic) bond motifs is 1. The Hall–Kier alpha value is -3.63. The Morgan fingerprint density at radius 3 is 2.31 bits per heavy atom. The number of hydrogen-bond donors (Lipinski definition) is 2. The minimum atomic E-state index is -0.620. The maximum Gasteiger partial charge on any atom is 0.281 e. The largest absolute Gasteiger partial charge is 0.497 e. The van der Waals surface area contributed by atoms with Gasteiger partial charge in [0.15, 0.2) is 12.4 Å². The minimum Gasteiger partial charge on any atom is -0.497 e. The van der Waals surface area contributed by atoms with Gasteiger partial charge in [0.25, 0.3) is 5.91 Å². The number of benzene rings is 2. The molecule has 2 N–H and O–H groups in total. The molecular weight excluding hydrogens is 450 g/mol. The zero-order chi connectivity index (χ0) is 25.1. The first kappa shape index (κ1) is 24.5. The van der Waals surface area contributed by atoms with E-state index in [-0.39, 0.29) is 6.61 Å². The smallest absolute Gasteiger partial charge is 0.281 e. The minimum absolute atomic E-state index is 0.281. The molecule has 0 radical (unpaired) electrons. The molecule has 0 atom stereocenters. The highest BCUT2D eigenvalue weighted by Crippen LogP contribution is 2.38. The number of rotatable bonds is 7. The van der Waals surface area contributed by atoms with E-state index in [0.717, 1.165) is 59.6 Å². The average molecular weight is 482 g/mol. The molecule has 2 heterocycles. The number of likely N-dealkylation sites (N-methyl/N-ethyl adjacent to an activating group) is 1. The number of aryl methyl sites for hydroxylation is 2. The van der Waals surface area contributed by atoms with Crippen molar-refractivity contribution in [2.45, 2.75) is 13.8 Å². The summed E-state index contributed by atoms with van der Waals surface area (Å²) < 4.78 is 16.8. The third kappa shape index (κ3) is 5.08. The number of piperazine rings is 1. The molecule has 0 spiro atoms. The SMILES string of the molecule is COc1cc(OC)c2c(N3CCN(C)CC3)nc(-c3cc(C)c(OCC(=O)NO)c(C)c3)nc2c1. The second kappa shape index (κ2) is 10.3. The predicted octanol–water partition coefficient (Wildman–Crippen LogP) is 2.57. The lowest BCUT2D eigenvalue weighted by Crippen LogP contribution is -2.45. The number of anilines is 1. The molecule has 0 aliphatic carbocycles. The van der Waals surface area contributed by atoms with E-state index in [4.69, 9.17) is 29.4 Å². The molecule has 0 saturated carbocycles. The summed E-state index contributed by atoms with van der Waals surface area (Å²) in [6.07, 6.45) is 0. The van der Waals surface area contributed by atoms with Gasteiger partial charge in [-0.15, -0.1) is 0 Å². The highest BCUT2D eigenvalue weighted by Gasteiger charge is 2.23. The Labute approximate surface area is 204 Å². The van der Waals surface area contributed by atoms with Crippen LogP contribution >= 0.6 is 0 Å². The van der Waals surface area contributed by atoms with E-state index in [0.29, 0.717) is 23.1 Å². The Morgan fingerprint density at radius 1 is 1.03 bits per heavy atom. The van der Waals surface area contributed by atoms with Crippen molar-refractivity contribution in [2.75, 3.05) is 59.0 Å². The molecule has 1 saturated heterocycles. The molecule has 1 fully saturated rings. The Bertz CT molecular complexity index is 1220. The van der Waals surface area contributed by atoms with Crippen molar-refractivity contribution in [2.24, 2.45) is 0 Å². The van der Waals surface area contributed by atoms with E-state index in [2.05, 4.69) is 16.8 Å². The van der Waals surface area contributed by atoms with Crippen LogP contribution in [0.5, 0.6) is 17.2 Å². The molecule has 1 amide bonds. The van der Waals surface area contributed by atoms with Crippen LogP contribution in [0.2, 0.25) is 0 Å². The number of amides is 1. The van der Waals surface area contributed by atoms with Crippen molar-refractivity contribution in [3.05, 3.63) is 35.4 Å². The molecule has 10 heteroatoms. The fraction of sp³-hybridized carbons (Fsp3) is 0.400. The summed E-state index contributed by atoms with van der Waals surface area (Å²) in [4.78, 5) is 25.9. The maximum absolute atomic E-state index is 11.4. The number of hydrogen-bond acceptors (Lipinski definition) is 9. The molecule has 3 aromatic rings. The van der Waals surface area contributed by atoms with Crippen LogP contribution in [0, 0.1) is 13.8 Å². The van der Waals surface area contributed by atoms with Gasteiger partial charge in [0.2, 0.25) is 0 Å². The summed E-state index contributed by atoms with van der Waals surface area (Å²) in [7, 11) is 5.37. The molecule has 1 aliphatic rings. The maximum atomic E-state index is 11.4. The van der Waals surface area contributed by atoms with Crippen molar-refractivity contribution in [3.8, 4) is 28.6 Å². The predicted molar refractivity (Wildman–Crippen MR) is 133 cm³/mol. The summed E-state index contributed by atoms with van der Waals surface area (Å²) in [5, 5.41) is 9.58. The average Bonchev–Trinajstić information content (AvgIpc) is 2.86. The lowest BCUT2D eigenvalue weighted by atomic mass is 10.0. The number of hydroxylamine groups is 1. The van der Waals surface area contributed by atoms with Crippen LogP contribution in [-0.2, 0) is 4.79 Å². The van der Waals surface area contributed by atoms with Crippen LogP contribution in [0.1, 0.15) is 11.1 Å². The van der Waals surface area contributed by atoms with Crippen LogP contribution in [-0.4, -0.2) is 80.0 Å². The van der Waals surface area contributed by atoms with Crippen LogP contribution in [0.4, 0.5) is 5.82 Å². The van der Waals surface area contributed by atoms with Crippen LogP contribution in [0.15, 0.2) is 24.3 Å². The fourth-order valence-electron chi connectivity index (χ4n) is 4.32. The summed E-state index contributed by atoms with van der Waals surface area (Å²) in [6.45, 7) is 7.07. The van der Waals surface area contributed by atoms with Gasteiger partial charge >= 0.3 is 0 Å². The Balaban J connectivity index is 1.84. The third-order valence-electron chi connectivity index (χ3n) is 6.17. The number of nitrogens with one attached hydrogen (secondary N) is 1. The fourth-order valence-corrected chi connectivity index (χ4v) is 4.32. The van der Waals surface area contributed by atoms with Crippen LogP contribution in [0.3, 0.4) is 0 Å². The van der Waals surface area contributed by atoms with Crippen molar-refractivity contribution in [1.82, 2.24) is 20.3 Å². The monoisotopic (exact) mass is 481 g/mol. The molecule has 10 nitrogen and oxygen atoms in total. The van der Waals surface area contributed by atoms with Crippen LogP contribution in [0.25, 0.3) is 22.3 Å². The van der Waals surface area contributed by atoms with E-state index < -0.39 is 5.91 Å². The van der Waals surface area contributed by atoms with E-state index in [1.165, 1.54) is 0 Å². The van der Waals surface area contributed by atoms with Crippen LogP contribution < -0.4 is 24.6 Å². The molecule has 186 valence electrons. The summed E-state index contributed by atoms with van der Waals surface area (Å²) in [5.41, 5.74) is 4.80. The molecule has 35 heavy (non-hydrogen) atoms. The quantitative estimate of drug-likeness (QED) is 0.389. The highest BCUT2D eigenvalue weighted by atomic mass is 16.5. The second-order valence-electron chi connectivity index (χ2n) is 8.65. The van der Waals surface area contributed by atoms with Crippen molar-refractivity contribution in [3.63, 3.8) is 0 Å². The number of ether oxygens (including phenoxy) is 3. The molecule has 2 aromatic carbocycles. The first-order chi connectivity index (χ1) is 16.8. The Kier molecular flexibility index (Phi) is 7.23. The van der Waals surface area contributed by atoms with E-state index in [1.807, 2.05) is 38.1 Å². The zero-order valence-electron chi connectivity index (χ0n) is 20.7. The number of carbonyl (C=O) groups excluding carboxylic acids is 1. The standard InChI is InChI=1S/C25H31N5O5/c1-15-10-17(11-16(2)23(15)35-14-21(31)28-32)24-26-19-12-18(33-4)13-20(34-5)22(19)25(27-24)30-8-6-29(3)7-9-30/h10-13,32H,6-9,14H2,1-5H3,(H,28,31). The molecule has 1 aromatic heterocycles. The van der Waals surface area contributed by atoms with Crippen molar-refractivity contribution in [1.29, 1.82) is 0 Å². The number of methoxy groups -OCH3 is 2. The van der Waals surface area contributed by atoms with E-state index >= 15 is 0 Å². The van der Waals surface area contributed by atoms with Gasteiger partial charge in [-0.05, 0) is 44.2 Å². The topological polar surface area (TPSA) is 109 Å². The molecule has 1 aliphatic heterocycles. The summed E-state index contributed by atoms with van der Waals surface area (Å²) in [5.74, 6) is 2.69. The van der Waals surface area contributed by atoms with Gasteiger partial charge in [-0.25, -0.2) is 15.4 Å².